The van der Waals surface area contributed by atoms with Crippen LogP contribution in [0.1, 0.15) is 0 Å². The molecule has 0 aliphatic heterocycles. The zero-order valence-electron chi connectivity index (χ0n) is 2.56. The first-order chi connectivity index (χ1) is 2.27. The Hall–Kier alpha value is -0.480. The van der Waals surface area contributed by atoms with Gasteiger partial charge in [-0.1, -0.05) is 18.5 Å². The third kappa shape index (κ3) is 3.52. The molecular formula is C4H2S. The highest BCUT2D eigenvalue weighted by atomic mass is 32.1. The highest BCUT2D eigenvalue weighted by Crippen LogP contribution is 1.86. The summed E-state index contributed by atoms with van der Waals surface area (Å²) in [4.78, 5) is 0.116. The normalized spacial score (nSPS) is 5.40. The van der Waals surface area contributed by atoms with Crippen LogP contribution in [0.15, 0.2) is 4.91 Å². The van der Waals surface area contributed by atoms with Gasteiger partial charge in [0.05, 0.1) is 4.91 Å². The van der Waals surface area contributed by atoms with E-state index in [9.17, 15) is 0 Å². The third-order valence-electron chi connectivity index (χ3n) is 0.142. The number of hydrogen-bond donors (Lipinski definition) is 0. The second-order valence-electron chi connectivity index (χ2n) is 0.509. The summed E-state index contributed by atoms with van der Waals surface area (Å²) in [6, 6.07) is 0. The van der Waals surface area contributed by atoms with Crippen molar-refractivity contribution in [1.29, 1.82) is 0 Å². The summed E-state index contributed by atoms with van der Waals surface area (Å²) in [5.74, 6) is 2.04. The van der Waals surface area contributed by atoms with E-state index in [1.807, 2.05) is 5.92 Å². The van der Waals surface area contributed by atoms with Crippen molar-refractivity contribution in [3.8, 4) is 12.3 Å². The van der Waals surface area contributed by atoms with Crippen LogP contribution >= 0.6 is 12.6 Å². The Balaban J connectivity index is 3.35. The van der Waals surface area contributed by atoms with Crippen molar-refractivity contribution in [2.24, 2.45) is 0 Å². The largest absolute Gasteiger partial charge is 0.114 e. The number of terminal acetylenes is 1. The lowest BCUT2D eigenvalue weighted by molar-refractivity contribution is 2.19. The van der Waals surface area contributed by atoms with E-state index >= 15 is 0 Å². The van der Waals surface area contributed by atoms with Gasteiger partial charge in [-0.25, -0.2) is 0 Å². The van der Waals surface area contributed by atoms with Gasteiger partial charge in [-0.2, -0.15) is 0 Å². The molecule has 5 heavy (non-hydrogen) atoms. The fourth-order valence-corrected chi connectivity index (χ4v) is 0. The van der Waals surface area contributed by atoms with E-state index in [4.69, 9.17) is 6.58 Å². The molecule has 24 valence electrons. The summed E-state index contributed by atoms with van der Waals surface area (Å²) in [6.45, 7) is 4.79. The zero-order chi connectivity index (χ0) is 4.28. The van der Waals surface area contributed by atoms with E-state index in [1.54, 1.807) is 0 Å². The van der Waals surface area contributed by atoms with Crippen LogP contribution in [0.4, 0.5) is 0 Å². The Morgan fingerprint density at radius 1 is 1.80 bits per heavy atom. The van der Waals surface area contributed by atoms with Crippen molar-refractivity contribution in [2.45, 2.75) is 0 Å². The minimum Gasteiger partial charge on any atom is -0.114 e. The second kappa shape index (κ2) is 1.80. The van der Waals surface area contributed by atoms with Crippen LogP contribution in [0, 0.1) is 18.9 Å². The number of rotatable bonds is 0. The highest BCUT2D eigenvalue weighted by molar-refractivity contribution is 7.84. The first-order valence-corrected chi connectivity index (χ1v) is 1.44. The molecule has 0 aliphatic carbocycles. The highest BCUT2D eigenvalue weighted by Gasteiger charge is 1.64. The zero-order valence-corrected chi connectivity index (χ0v) is 3.38. The van der Waals surface area contributed by atoms with Gasteiger partial charge in [0, 0.05) is 0 Å². The van der Waals surface area contributed by atoms with E-state index in [0.29, 0.717) is 0 Å². The predicted octanol–water partition coefficient (Wildman–Crippen LogP) is 1.13. The molecule has 0 bridgehead atoms. The maximum atomic E-state index is 4.79. The van der Waals surface area contributed by atoms with Crippen LogP contribution in [0.3, 0.4) is 0 Å². The maximum absolute atomic E-state index is 4.79. The van der Waals surface area contributed by atoms with Crippen LogP contribution in [0.5, 0.6) is 0 Å². The molecule has 0 aliphatic rings. The molecule has 0 nitrogen and oxygen atoms in total. The van der Waals surface area contributed by atoms with Crippen molar-refractivity contribution >= 4 is 12.6 Å². The van der Waals surface area contributed by atoms with Crippen molar-refractivity contribution in [3.63, 3.8) is 0 Å². The lowest BCUT2D eigenvalue weighted by Gasteiger charge is -1.62. The summed E-state index contributed by atoms with van der Waals surface area (Å²) in [5, 5.41) is 0. The van der Waals surface area contributed by atoms with Gasteiger partial charge >= 0.3 is 0 Å². The molecule has 0 fully saturated rings. The summed E-state index contributed by atoms with van der Waals surface area (Å²) < 4.78 is 0. The molecule has 2 radical (unpaired) electrons. The topological polar surface area (TPSA) is 0 Å². The van der Waals surface area contributed by atoms with E-state index in [2.05, 4.69) is 19.1 Å². The molecule has 0 unspecified atom stereocenters. The van der Waals surface area contributed by atoms with Crippen LogP contribution in [-0.2, 0) is 0 Å². The minimum atomic E-state index is 0.116. The Morgan fingerprint density at radius 2 is 2.00 bits per heavy atom. The Morgan fingerprint density at radius 3 is 2.00 bits per heavy atom. The molecule has 0 heterocycles. The fourth-order valence-electron chi connectivity index (χ4n) is 0. The molecule has 1 heteroatoms. The van der Waals surface area contributed by atoms with Gasteiger partial charge < -0.3 is 0 Å². The minimum absolute atomic E-state index is 0.116. The Kier molecular flexibility index (Phi) is 1.63. The molecule has 0 saturated heterocycles. The fraction of sp³-hybridized carbons (Fsp3) is 0. The van der Waals surface area contributed by atoms with Crippen molar-refractivity contribution in [1.82, 2.24) is 0 Å². The maximum Gasteiger partial charge on any atom is 0.0873 e. The molecule has 0 spiro atoms. The number of allylic oxidation sites excluding steroid dienone is 1. The standard InChI is InChI=1S/C4H2S/c1-3-4(2)5/h1-2H. The van der Waals surface area contributed by atoms with Gasteiger partial charge in [0.2, 0.25) is 0 Å². The Bertz CT molecular complexity index is 76.1. The molecular weight excluding hydrogens is 80.1 g/mol. The molecule has 0 aromatic carbocycles. The quantitative estimate of drug-likeness (QED) is 0.384. The molecule has 0 amide bonds. The molecule has 0 aromatic heterocycles. The molecule has 0 saturated carbocycles. The van der Waals surface area contributed by atoms with Crippen LogP contribution < -0.4 is 0 Å². The monoisotopic (exact) mass is 82.0 g/mol. The number of hydrogen-bond acceptors (Lipinski definition) is 0. The summed E-state index contributed by atoms with van der Waals surface area (Å²) in [6.07, 6.45) is 4.66. The lowest BCUT2D eigenvalue weighted by atomic mass is 10.7. The molecule has 0 aromatic rings. The first kappa shape index (κ1) is 4.52. The average molecular weight is 82.1 g/mol. The molecule has 0 rings (SSSR count). The van der Waals surface area contributed by atoms with Crippen LogP contribution in [0.2, 0.25) is 0 Å². The summed E-state index contributed by atoms with van der Waals surface area (Å²) >= 11 is 4.24. The summed E-state index contributed by atoms with van der Waals surface area (Å²) in [7, 11) is 0. The van der Waals surface area contributed by atoms with Gasteiger partial charge in [0.15, 0.2) is 0 Å². The van der Waals surface area contributed by atoms with Gasteiger partial charge in [0.1, 0.15) is 0 Å². The Labute approximate surface area is 37.3 Å². The lowest BCUT2D eigenvalue weighted by Crippen LogP contribution is -1.46. The average Bonchev–Trinajstić information content (AvgIpc) is 1.38. The third-order valence-corrected chi connectivity index (χ3v) is 0.260. The smallest absolute Gasteiger partial charge is 0.0873 e. The van der Waals surface area contributed by atoms with Crippen LogP contribution in [0.25, 0.3) is 0 Å². The summed E-state index contributed by atoms with van der Waals surface area (Å²) in [5.41, 5.74) is 0. The van der Waals surface area contributed by atoms with Gasteiger partial charge in [-0.15, -0.1) is 6.42 Å². The molecule has 0 N–H and O–H groups in total. The molecule has 0 atom stereocenters. The van der Waals surface area contributed by atoms with Gasteiger partial charge in [-0.3, -0.25) is 0 Å². The van der Waals surface area contributed by atoms with E-state index in [0.717, 1.165) is 0 Å². The van der Waals surface area contributed by atoms with Gasteiger partial charge in [0.25, 0.3) is 0 Å². The predicted molar refractivity (Wildman–Crippen MR) is 24.2 cm³/mol. The SMILES string of the molecule is [CH]=C([S])C#C. The van der Waals surface area contributed by atoms with Crippen LogP contribution in [-0.4, -0.2) is 0 Å². The van der Waals surface area contributed by atoms with Gasteiger partial charge in [-0.05, 0) is 6.58 Å². The second-order valence-corrected chi connectivity index (χ2v) is 0.948. The van der Waals surface area contributed by atoms with Crippen molar-refractivity contribution < 1.29 is 0 Å². The van der Waals surface area contributed by atoms with E-state index in [-0.39, 0.29) is 4.91 Å². The van der Waals surface area contributed by atoms with E-state index in [1.165, 1.54) is 0 Å². The van der Waals surface area contributed by atoms with Crippen molar-refractivity contribution in [3.05, 3.63) is 11.5 Å². The van der Waals surface area contributed by atoms with Crippen molar-refractivity contribution in [2.75, 3.05) is 0 Å². The first-order valence-electron chi connectivity index (χ1n) is 1.03. The van der Waals surface area contributed by atoms with E-state index < -0.39 is 0 Å².